The first kappa shape index (κ1) is 18.9. The van der Waals surface area contributed by atoms with Gasteiger partial charge in [-0.2, -0.15) is 0 Å². The van der Waals surface area contributed by atoms with Crippen LogP contribution >= 0.6 is 0 Å². The van der Waals surface area contributed by atoms with Crippen LogP contribution in [0.15, 0.2) is 42.5 Å². The summed E-state index contributed by atoms with van der Waals surface area (Å²) in [6.45, 7) is 9.32. The zero-order valence-electron chi connectivity index (χ0n) is 14.4. The number of fused-ring (bicyclic) bond motifs is 1. The highest BCUT2D eigenvalue weighted by Gasteiger charge is 2.16. The second-order valence-electron chi connectivity index (χ2n) is 5.96. The van der Waals surface area contributed by atoms with Crippen molar-refractivity contribution >= 4 is 22.7 Å². The normalized spacial score (nSPS) is 15.4. The lowest BCUT2D eigenvalue weighted by Crippen LogP contribution is -2.45. The van der Waals surface area contributed by atoms with Crippen molar-refractivity contribution in [2.45, 2.75) is 13.5 Å². The summed E-state index contributed by atoms with van der Waals surface area (Å²) in [5.74, 6) is -3.65. The molecule has 6 heteroatoms. The molecule has 6 nitrogen and oxygen atoms in total. The molecular formula is C19H24N2O4. The predicted molar refractivity (Wildman–Crippen MR) is 96.6 cm³/mol. The van der Waals surface area contributed by atoms with Gasteiger partial charge in [0.05, 0.1) is 0 Å². The van der Waals surface area contributed by atoms with Gasteiger partial charge in [-0.15, -0.1) is 0 Å². The fourth-order valence-electron chi connectivity index (χ4n) is 2.93. The van der Waals surface area contributed by atoms with E-state index in [9.17, 15) is 0 Å². The number of carboxylic acid groups (broad SMARTS) is 2. The summed E-state index contributed by atoms with van der Waals surface area (Å²) in [7, 11) is 0. The fourth-order valence-corrected chi connectivity index (χ4v) is 2.93. The summed E-state index contributed by atoms with van der Waals surface area (Å²) in [5.41, 5.74) is 1.46. The maximum absolute atomic E-state index is 9.10. The molecule has 1 aliphatic heterocycles. The first-order valence-corrected chi connectivity index (χ1v) is 8.38. The van der Waals surface area contributed by atoms with Crippen LogP contribution in [-0.2, 0) is 16.1 Å². The first-order valence-electron chi connectivity index (χ1n) is 8.38. The Balaban J connectivity index is 0.000000326. The van der Waals surface area contributed by atoms with Gasteiger partial charge in [-0.1, -0.05) is 49.4 Å². The predicted octanol–water partition coefficient (Wildman–Crippen LogP) is 2.13. The number of carbonyl (C=O) groups is 2. The van der Waals surface area contributed by atoms with Crippen LogP contribution in [-0.4, -0.2) is 64.7 Å². The highest BCUT2D eigenvalue weighted by Crippen LogP contribution is 2.20. The number of nitrogens with zero attached hydrogens (tertiary/aromatic N) is 2. The lowest BCUT2D eigenvalue weighted by molar-refractivity contribution is -0.159. The van der Waals surface area contributed by atoms with E-state index in [0.29, 0.717) is 0 Å². The van der Waals surface area contributed by atoms with Gasteiger partial charge in [0.25, 0.3) is 0 Å². The number of hydrogen-bond donors (Lipinski definition) is 2. The van der Waals surface area contributed by atoms with E-state index >= 15 is 0 Å². The van der Waals surface area contributed by atoms with Gasteiger partial charge < -0.3 is 15.1 Å². The van der Waals surface area contributed by atoms with E-state index in [1.807, 2.05) is 0 Å². The molecule has 1 fully saturated rings. The van der Waals surface area contributed by atoms with Crippen LogP contribution in [0.5, 0.6) is 0 Å². The molecule has 1 saturated heterocycles. The van der Waals surface area contributed by atoms with Crippen molar-refractivity contribution < 1.29 is 19.8 Å². The molecule has 0 spiro atoms. The number of hydrogen-bond acceptors (Lipinski definition) is 4. The number of likely N-dealkylation sites (N-methyl/N-ethyl adjacent to an activating group) is 1. The van der Waals surface area contributed by atoms with Crippen molar-refractivity contribution in [1.29, 1.82) is 0 Å². The summed E-state index contributed by atoms with van der Waals surface area (Å²) in [6.07, 6.45) is 0. The van der Waals surface area contributed by atoms with Gasteiger partial charge in [0.1, 0.15) is 0 Å². The number of benzene rings is 2. The largest absolute Gasteiger partial charge is 0.473 e. The van der Waals surface area contributed by atoms with Crippen molar-refractivity contribution in [3.63, 3.8) is 0 Å². The van der Waals surface area contributed by atoms with E-state index in [4.69, 9.17) is 19.8 Å². The fraction of sp³-hybridized carbons (Fsp3) is 0.368. The molecule has 3 rings (SSSR count). The zero-order valence-corrected chi connectivity index (χ0v) is 14.4. The number of carboxylic acids is 2. The first-order chi connectivity index (χ1) is 12.0. The van der Waals surface area contributed by atoms with Gasteiger partial charge in [-0.3, -0.25) is 4.90 Å². The molecule has 0 bridgehead atoms. The molecule has 0 unspecified atom stereocenters. The molecule has 134 valence electrons. The summed E-state index contributed by atoms with van der Waals surface area (Å²) >= 11 is 0. The second-order valence-corrected chi connectivity index (χ2v) is 5.96. The van der Waals surface area contributed by atoms with Crippen LogP contribution in [0.1, 0.15) is 12.5 Å². The maximum atomic E-state index is 9.10. The van der Waals surface area contributed by atoms with Gasteiger partial charge in [0.2, 0.25) is 0 Å². The van der Waals surface area contributed by atoms with Crippen molar-refractivity contribution in [2.75, 3.05) is 32.7 Å². The molecule has 25 heavy (non-hydrogen) atoms. The smallest absolute Gasteiger partial charge is 0.414 e. The minimum absolute atomic E-state index is 1.08. The van der Waals surface area contributed by atoms with E-state index < -0.39 is 11.9 Å². The molecular weight excluding hydrogens is 320 g/mol. The Bertz CT molecular complexity index is 707. The van der Waals surface area contributed by atoms with Crippen LogP contribution in [0.2, 0.25) is 0 Å². The monoisotopic (exact) mass is 344 g/mol. The molecule has 2 N–H and O–H groups in total. The highest BCUT2D eigenvalue weighted by molar-refractivity contribution is 6.27. The minimum Gasteiger partial charge on any atom is -0.473 e. The van der Waals surface area contributed by atoms with Crippen LogP contribution in [0, 0.1) is 0 Å². The van der Waals surface area contributed by atoms with Crippen molar-refractivity contribution in [1.82, 2.24) is 9.80 Å². The van der Waals surface area contributed by atoms with Gasteiger partial charge in [-0.25, -0.2) is 9.59 Å². The lowest BCUT2D eigenvalue weighted by Gasteiger charge is -2.34. The van der Waals surface area contributed by atoms with Crippen molar-refractivity contribution in [3.05, 3.63) is 48.0 Å². The van der Waals surface area contributed by atoms with Crippen LogP contribution in [0.25, 0.3) is 10.8 Å². The quantitative estimate of drug-likeness (QED) is 0.830. The maximum Gasteiger partial charge on any atom is 0.414 e. The zero-order chi connectivity index (χ0) is 18.2. The van der Waals surface area contributed by atoms with Crippen LogP contribution in [0.3, 0.4) is 0 Å². The Morgan fingerprint density at radius 2 is 1.44 bits per heavy atom. The lowest BCUT2D eigenvalue weighted by atomic mass is 10.0. The van der Waals surface area contributed by atoms with Crippen molar-refractivity contribution in [3.8, 4) is 0 Å². The van der Waals surface area contributed by atoms with Crippen LogP contribution in [0.4, 0.5) is 0 Å². The summed E-state index contributed by atoms with van der Waals surface area (Å²) < 4.78 is 0. The Morgan fingerprint density at radius 1 is 0.880 bits per heavy atom. The second kappa shape index (κ2) is 9.15. The van der Waals surface area contributed by atoms with E-state index in [-0.39, 0.29) is 0 Å². The molecule has 1 aliphatic rings. The average molecular weight is 344 g/mol. The topological polar surface area (TPSA) is 81.1 Å². The highest BCUT2D eigenvalue weighted by atomic mass is 16.4. The Kier molecular flexibility index (Phi) is 6.91. The number of piperazine rings is 1. The van der Waals surface area contributed by atoms with Crippen LogP contribution < -0.4 is 0 Å². The van der Waals surface area contributed by atoms with Gasteiger partial charge in [0.15, 0.2) is 0 Å². The Hall–Kier alpha value is -2.44. The molecule has 0 atom stereocenters. The van der Waals surface area contributed by atoms with Gasteiger partial charge in [0, 0.05) is 32.7 Å². The van der Waals surface area contributed by atoms with E-state index in [0.717, 1.165) is 6.54 Å². The number of rotatable bonds is 3. The molecule has 2 aromatic rings. The molecule has 0 aromatic heterocycles. The molecule has 0 amide bonds. The molecule has 0 radical (unpaired) electrons. The summed E-state index contributed by atoms with van der Waals surface area (Å²) in [5, 5.41) is 17.5. The van der Waals surface area contributed by atoms with E-state index in [1.54, 1.807) is 0 Å². The molecule has 0 saturated carbocycles. The average Bonchev–Trinajstić information content (AvgIpc) is 2.63. The third-order valence-electron chi connectivity index (χ3n) is 4.37. The van der Waals surface area contributed by atoms with E-state index in [1.165, 1.54) is 49.1 Å². The van der Waals surface area contributed by atoms with E-state index in [2.05, 4.69) is 59.2 Å². The van der Waals surface area contributed by atoms with Gasteiger partial charge in [-0.05, 0) is 22.9 Å². The van der Waals surface area contributed by atoms with Gasteiger partial charge >= 0.3 is 11.9 Å². The SMILES string of the molecule is CCN1CCN(Cc2cccc3ccccc23)CC1.O=C(O)C(=O)O. The standard InChI is InChI=1S/C17H22N2.C2H2O4/c1-2-18-10-12-19(13-11-18)14-16-8-5-7-15-6-3-4-9-17(15)16;3-1(4)2(5)6/h3-9H,2,10-14H2,1H3;(H,3,4)(H,5,6). The summed E-state index contributed by atoms with van der Waals surface area (Å²) in [6, 6.07) is 15.4. The third kappa shape index (κ3) is 5.55. The molecule has 1 heterocycles. The Morgan fingerprint density at radius 3 is 2.04 bits per heavy atom. The summed E-state index contributed by atoms with van der Waals surface area (Å²) in [4.78, 5) is 23.3. The minimum atomic E-state index is -1.82. The third-order valence-corrected chi connectivity index (χ3v) is 4.37. The number of aliphatic carboxylic acids is 2. The molecule has 2 aromatic carbocycles. The van der Waals surface area contributed by atoms with Crippen molar-refractivity contribution in [2.24, 2.45) is 0 Å². The molecule has 0 aliphatic carbocycles. The Labute approximate surface area is 147 Å².